The van der Waals surface area contributed by atoms with Gasteiger partial charge in [-0.25, -0.2) is 0 Å². The van der Waals surface area contributed by atoms with Crippen LogP contribution in [0.3, 0.4) is 0 Å². The van der Waals surface area contributed by atoms with Gasteiger partial charge in [0, 0.05) is 31.5 Å². The number of anilines is 1. The van der Waals surface area contributed by atoms with Gasteiger partial charge in [0.2, 0.25) is 5.91 Å². The van der Waals surface area contributed by atoms with Crippen LogP contribution in [0.4, 0.5) is 5.69 Å². The SMILES string of the molecule is CNCCC(=O)Nc1ccc(OC2CCOCC2)c(C)c1. The van der Waals surface area contributed by atoms with E-state index < -0.39 is 0 Å². The first-order valence-corrected chi connectivity index (χ1v) is 7.48. The summed E-state index contributed by atoms with van der Waals surface area (Å²) in [4.78, 5) is 11.7. The van der Waals surface area contributed by atoms with Crippen molar-refractivity contribution in [3.05, 3.63) is 23.8 Å². The summed E-state index contributed by atoms with van der Waals surface area (Å²) in [7, 11) is 1.83. The lowest BCUT2D eigenvalue weighted by Crippen LogP contribution is -2.26. The number of carbonyl (C=O) groups is 1. The summed E-state index contributed by atoms with van der Waals surface area (Å²) < 4.78 is 11.3. The lowest BCUT2D eigenvalue weighted by atomic mass is 10.1. The van der Waals surface area contributed by atoms with Crippen molar-refractivity contribution in [3.63, 3.8) is 0 Å². The summed E-state index contributed by atoms with van der Waals surface area (Å²) in [5.41, 5.74) is 1.85. The molecule has 2 N–H and O–H groups in total. The zero-order valence-corrected chi connectivity index (χ0v) is 12.8. The van der Waals surface area contributed by atoms with E-state index in [0.29, 0.717) is 13.0 Å². The fourth-order valence-corrected chi connectivity index (χ4v) is 2.29. The lowest BCUT2D eigenvalue weighted by molar-refractivity contribution is -0.116. The summed E-state index contributed by atoms with van der Waals surface area (Å²) in [6.07, 6.45) is 2.56. The topological polar surface area (TPSA) is 59.6 Å². The van der Waals surface area contributed by atoms with Crippen LogP contribution in [-0.2, 0) is 9.53 Å². The molecule has 1 amide bonds. The van der Waals surface area contributed by atoms with Gasteiger partial charge in [-0.2, -0.15) is 0 Å². The molecule has 0 spiro atoms. The highest BCUT2D eigenvalue weighted by atomic mass is 16.5. The zero-order valence-electron chi connectivity index (χ0n) is 12.8. The first kappa shape index (κ1) is 15.8. The Kier molecular flexibility index (Phi) is 6.02. The smallest absolute Gasteiger partial charge is 0.225 e. The van der Waals surface area contributed by atoms with E-state index >= 15 is 0 Å². The maximum atomic E-state index is 11.7. The number of hydrogen-bond donors (Lipinski definition) is 2. The van der Waals surface area contributed by atoms with Gasteiger partial charge in [-0.1, -0.05) is 0 Å². The van der Waals surface area contributed by atoms with Crippen molar-refractivity contribution in [3.8, 4) is 5.75 Å². The van der Waals surface area contributed by atoms with Gasteiger partial charge in [-0.05, 0) is 37.7 Å². The maximum absolute atomic E-state index is 11.7. The lowest BCUT2D eigenvalue weighted by Gasteiger charge is -2.24. The molecular weight excluding hydrogens is 268 g/mol. The van der Waals surface area contributed by atoms with Gasteiger partial charge < -0.3 is 20.1 Å². The molecule has 0 aliphatic carbocycles. The fraction of sp³-hybridized carbons (Fsp3) is 0.562. The van der Waals surface area contributed by atoms with E-state index in [1.807, 2.05) is 32.2 Å². The van der Waals surface area contributed by atoms with Crippen LogP contribution in [0.15, 0.2) is 18.2 Å². The highest BCUT2D eigenvalue weighted by Gasteiger charge is 2.16. The predicted molar refractivity (Wildman–Crippen MR) is 82.8 cm³/mol. The second-order valence-electron chi connectivity index (χ2n) is 5.31. The largest absolute Gasteiger partial charge is 0.490 e. The monoisotopic (exact) mass is 292 g/mol. The van der Waals surface area contributed by atoms with Gasteiger partial charge in [-0.3, -0.25) is 4.79 Å². The summed E-state index contributed by atoms with van der Waals surface area (Å²) in [5, 5.41) is 5.85. The first-order chi connectivity index (χ1) is 10.2. The average Bonchev–Trinajstić information content (AvgIpc) is 2.49. The molecule has 2 rings (SSSR count). The molecule has 116 valence electrons. The van der Waals surface area contributed by atoms with Crippen LogP contribution in [0.25, 0.3) is 0 Å². The van der Waals surface area contributed by atoms with E-state index in [1.54, 1.807) is 0 Å². The molecule has 0 aromatic heterocycles. The third kappa shape index (κ3) is 5.02. The number of nitrogens with one attached hydrogen (secondary N) is 2. The Labute approximate surface area is 126 Å². The van der Waals surface area contributed by atoms with Gasteiger partial charge in [0.25, 0.3) is 0 Å². The molecule has 5 nitrogen and oxygen atoms in total. The van der Waals surface area contributed by atoms with Crippen molar-refractivity contribution >= 4 is 11.6 Å². The summed E-state index contributed by atoms with van der Waals surface area (Å²) in [6.45, 7) is 4.21. The van der Waals surface area contributed by atoms with Gasteiger partial charge in [0.05, 0.1) is 13.2 Å². The van der Waals surface area contributed by atoms with Crippen LogP contribution in [0.5, 0.6) is 5.75 Å². The molecule has 1 fully saturated rings. The molecule has 1 aromatic rings. The molecule has 1 heterocycles. The quantitative estimate of drug-likeness (QED) is 0.843. The highest BCUT2D eigenvalue weighted by Crippen LogP contribution is 2.25. The van der Waals surface area contributed by atoms with E-state index in [0.717, 1.165) is 43.1 Å². The normalized spacial score (nSPS) is 15.7. The van der Waals surface area contributed by atoms with E-state index in [-0.39, 0.29) is 12.0 Å². The number of carbonyl (C=O) groups excluding carboxylic acids is 1. The Hall–Kier alpha value is -1.59. The Morgan fingerprint density at radius 3 is 2.81 bits per heavy atom. The van der Waals surface area contributed by atoms with E-state index in [2.05, 4.69) is 10.6 Å². The molecule has 0 bridgehead atoms. The number of rotatable bonds is 6. The van der Waals surface area contributed by atoms with Crippen LogP contribution in [-0.4, -0.2) is 38.8 Å². The fourth-order valence-electron chi connectivity index (χ4n) is 2.29. The summed E-state index contributed by atoms with van der Waals surface area (Å²) in [6, 6.07) is 5.77. The second-order valence-corrected chi connectivity index (χ2v) is 5.31. The van der Waals surface area contributed by atoms with Crippen molar-refractivity contribution in [2.45, 2.75) is 32.3 Å². The Balaban J connectivity index is 1.91. The number of hydrogen-bond acceptors (Lipinski definition) is 4. The molecule has 5 heteroatoms. The van der Waals surface area contributed by atoms with Crippen molar-refractivity contribution < 1.29 is 14.3 Å². The van der Waals surface area contributed by atoms with Gasteiger partial charge in [0.15, 0.2) is 0 Å². The molecule has 21 heavy (non-hydrogen) atoms. The van der Waals surface area contributed by atoms with Crippen molar-refractivity contribution in [1.29, 1.82) is 0 Å². The van der Waals surface area contributed by atoms with E-state index in [9.17, 15) is 4.79 Å². The molecular formula is C16H24N2O3. The van der Waals surface area contributed by atoms with Crippen molar-refractivity contribution in [2.24, 2.45) is 0 Å². The second kappa shape index (κ2) is 8.00. The van der Waals surface area contributed by atoms with Gasteiger partial charge >= 0.3 is 0 Å². The molecule has 0 unspecified atom stereocenters. The minimum absolute atomic E-state index is 0.0156. The molecule has 0 atom stereocenters. The van der Waals surface area contributed by atoms with E-state index in [1.165, 1.54) is 0 Å². The molecule has 1 saturated heterocycles. The van der Waals surface area contributed by atoms with E-state index in [4.69, 9.17) is 9.47 Å². The number of benzene rings is 1. The molecule has 0 radical (unpaired) electrons. The summed E-state index contributed by atoms with van der Waals surface area (Å²) >= 11 is 0. The van der Waals surface area contributed by atoms with Crippen LogP contribution in [0.2, 0.25) is 0 Å². The predicted octanol–water partition coefficient (Wildman–Crippen LogP) is 2.10. The Morgan fingerprint density at radius 1 is 1.38 bits per heavy atom. The third-order valence-corrected chi connectivity index (χ3v) is 3.52. The molecule has 0 saturated carbocycles. The Bertz CT molecular complexity index is 471. The molecule has 1 aliphatic rings. The molecule has 1 aromatic carbocycles. The number of aryl methyl sites for hydroxylation is 1. The van der Waals surface area contributed by atoms with Crippen LogP contribution in [0, 0.1) is 6.92 Å². The number of ether oxygens (including phenoxy) is 2. The van der Waals surface area contributed by atoms with Crippen LogP contribution >= 0.6 is 0 Å². The van der Waals surface area contributed by atoms with Crippen molar-refractivity contribution in [1.82, 2.24) is 5.32 Å². The highest BCUT2D eigenvalue weighted by molar-refractivity contribution is 5.91. The maximum Gasteiger partial charge on any atom is 0.225 e. The van der Waals surface area contributed by atoms with Gasteiger partial charge in [-0.15, -0.1) is 0 Å². The summed E-state index contributed by atoms with van der Waals surface area (Å²) in [5.74, 6) is 0.900. The minimum Gasteiger partial charge on any atom is -0.490 e. The number of amides is 1. The minimum atomic E-state index is 0.0156. The molecule has 1 aliphatic heterocycles. The third-order valence-electron chi connectivity index (χ3n) is 3.52. The van der Waals surface area contributed by atoms with Gasteiger partial charge in [0.1, 0.15) is 11.9 Å². The zero-order chi connectivity index (χ0) is 15.1. The Morgan fingerprint density at radius 2 is 2.14 bits per heavy atom. The van der Waals surface area contributed by atoms with Crippen LogP contribution in [0.1, 0.15) is 24.8 Å². The average molecular weight is 292 g/mol. The first-order valence-electron chi connectivity index (χ1n) is 7.48. The van der Waals surface area contributed by atoms with Crippen LogP contribution < -0.4 is 15.4 Å². The van der Waals surface area contributed by atoms with Crippen molar-refractivity contribution in [2.75, 3.05) is 32.1 Å². The standard InChI is InChI=1S/C16H24N2O3/c1-12-11-13(18-16(19)5-8-17-2)3-4-15(12)21-14-6-9-20-10-7-14/h3-4,11,14,17H,5-10H2,1-2H3,(H,18,19).